The van der Waals surface area contributed by atoms with Gasteiger partial charge in [0.15, 0.2) is 0 Å². The van der Waals surface area contributed by atoms with Crippen molar-refractivity contribution in [3.05, 3.63) is 71.2 Å². The molecule has 9 heteroatoms. The van der Waals surface area contributed by atoms with Crippen molar-refractivity contribution in [2.45, 2.75) is 4.90 Å². The number of fused-ring (bicyclic) bond motifs is 1. The summed E-state index contributed by atoms with van der Waals surface area (Å²) < 4.78 is 31.3. The summed E-state index contributed by atoms with van der Waals surface area (Å²) >= 11 is 6.01. The van der Waals surface area contributed by atoms with Gasteiger partial charge in [-0.3, -0.25) is 4.79 Å². The maximum absolute atomic E-state index is 12.7. The molecule has 30 heavy (non-hydrogen) atoms. The number of nitrogens with one attached hydrogen (secondary N) is 1. The van der Waals surface area contributed by atoms with Crippen molar-refractivity contribution in [3.8, 4) is 5.75 Å². The van der Waals surface area contributed by atoms with Gasteiger partial charge in [-0.05, 0) is 29.0 Å². The minimum atomic E-state index is -3.91. The SMILES string of the molecule is COc1ccc(S(=O)(=O)N(C)CC(=O)NN=Cc2cccc3ccccc23)cc1Cl. The van der Waals surface area contributed by atoms with E-state index in [1.165, 1.54) is 38.6 Å². The number of hydrogen-bond acceptors (Lipinski definition) is 5. The number of carbonyl (C=O) groups excluding carboxylic acids is 1. The predicted molar refractivity (Wildman–Crippen MR) is 118 cm³/mol. The highest BCUT2D eigenvalue weighted by Gasteiger charge is 2.23. The number of sulfonamides is 1. The molecule has 0 saturated carbocycles. The number of hydrazone groups is 1. The molecule has 0 aliphatic rings. The Balaban J connectivity index is 1.66. The molecule has 0 fully saturated rings. The van der Waals surface area contributed by atoms with Gasteiger partial charge in [-0.1, -0.05) is 54.1 Å². The van der Waals surface area contributed by atoms with E-state index in [-0.39, 0.29) is 9.92 Å². The molecule has 7 nitrogen and oxygen atoms in total. The Kier molecular flexibility index (Phi) is 6.71. The fraction of sp³-hybridized carbons (Fsp3) is 0.143. The predicted octanol–water partition coefficient (Wildman–Crippen LogP) is 3.27. The lowest BCUT2D eigenvalue weighted by atomic mass is 10.1. The third-order valence-corrected chi connectivity index (χ3v) is 6.51. The summed E-state index contributed by atoms with van der Waals surface area (Å²) in [6.07, 6.45) is 1.53. The van der Waals surface area contributed by atoms with Gasteiger partial charge in [0, 0.05) is 12.6 Å². The lowest BCUT2D eigenvalue weighted by molar-refractivity contribution is -0.121. The standard InChI is InChI=1S/C21H20ClN3O4S/c1-25(30(27,28)17-10-11-20(29-2)19(22)12-17)14-21(26)24-23-13-16-8-5-7-15-6-3-4-9-18(15)16/h3-13H,14H2,1-2H3,(H,24,26). The first-order chi connectivity index (χ1) is 14.3. The average molecular weight is 446 g/mol. The Morgan fingerprint density at radius 2 is 1.90 bits per heavy atom. The molecule has 0 aliphatic carbocycles. The number of rotatable bonds is 7. The number of methoxy groups -OCH3 is 1. The molecule has 1 amide bonds. The van der Waals surface area contributed by atoms with Gasteiger partial charge in [0.1, 0.15) is 5.75 Å². The Bertz CT molecular complexity index is 1210. The van der Waals surface area contributed by atoms with Gasteiger partial charge < -0.3 is 4.74 Å². The second-order valence-corrected chi connectivity index (χ2v) is 8.87. The third kappa shape index (κ3) is 4.79. The van der Waals surface area contributed by atoms with E-state index in [1.54, 1.807) is 0 Å². The van der Waals surface area contributed by atoms with Crippen LogP contribution in [0.1, 0.15) is 5.56 Å². The first-order valence-electron chi connectivity index (χ1n) is 8.92. The summed E-state index contributed by atoms with van der Waals surface area (Å²) in [4.78, 5) is 12.1. The van der Waals surface area contributed by atoms with Crippen LogP contribution < -0.4 is 10.2 Å². The Labute approximate surface area is 180 Å². The molecule has 0 aliphatic heterocycles. The average Bonchev–Trinajstić information content (AvgIpc) is 2.73. The molecule has 0 bridgehead atoms. The van der Waals surface area contributed by atoms with Crippen molar-refractivity contribution in [1.82, 2.24) is 9.73 Å². The summed E-state index contributed by atoms with van der Waals surface area (Å²) in [5, 5.41) is 6.16. The van der Waals surface area contributed by atoms with Crippen LogP contribution in [-0.4, -0.2) is 45.5 Å². The lowest BCUT2D eigenvalue weighted by Crippen LogP contribution is -2.36. The van der Waals surface area contributed by atoms with Gasteiger partial charge in [-0.2, -0.15) is 9.41 Å². The van der Waals surface area contributed by atoms with Gasteiger partial charge in [-0.15, -0.1) is 0 Å². The molecule has 3 aromatic carbocycles. The zero-order chi connectivity index (χ0) is 21.7. The minimum Gasteiger partial charge on any atom is -0.495 e. The van der Waals surface area contributed by atoms with E-state index in [0.29, 0.717) is 5.75 Å². The number of hydrogen-bond donors (Lipinski definition) is 1. The Hall–Kier alpha value is -2.94. The van der Waals surface area contributed by atoms with Crippen LogP contribution in [0, 0.1) is 0 Å². The fourth-order valence-corrected chi connectivity index (χ4v) is 4.32. The molecule has 0 radical (unpaired) electrons. The molecular weight excluding hydrogens is 426 g/mol. The van der Waals surface area contributed by atoms with Crippen molar-refractivity contribution in [3.63, 3.8) is 0 Å². The number of carbonyl (C=O) groups is 1. The van der Waals surface area contributed by atoms with Crippen molar-refractivity contribution in [2.75, 3.05) is 20.7 Å². The van der Waals surface area contributed by atoms with E-state index in [1.807, 2.05) is 42.5 Å². The smallest absolute Gasteiger partial charge is 0.255 e. The molecule has 0 atom stereocenters. The second-order valence-electron chi connectivity index (χ2n) is 6.42. The first-order valence-corrected chi connectivity index (χ1v) is 10.7. The number of amides is 1. The van der Waals surface area contributed by atoms with Crippen LogP contribution >= 0.6 is 11.6 Å². The highest BCUT2D eigenvalue weighted by Crippen LogP contribution is 2.28. The zero-order valence-corrected chi connectivity index (χ0v) is 17.9. The van der Waals surface area contributed by atoms with E-state index in [9.17, 15) is 13.2 Å². The number of ether oxygens (including phenoxy) is 1. The van der Waals surface area contributed by atoms with E-state index in [0.717, 1.165) is 20.6 Å². The summed E-state index contributed by atoms with van der Waals surface area (Å²) in [7, 11) is -1.16. The van der Waals surface area contributed by atoms with E-state index < -0.39 is 22.5 Å². The maximum atomic E-state index is 12.7. The van der Waals surface area contributed by atoms with Crippen LogP contribution in [-0.2, 0) is 14.8 Å². The second kappa shape index (κ2) is 9.25. The van der Waals surface area contributed by atoms with E-state index in [4.69, 9.17) is 16.3 Å². The molecule has 0 spiro atoms. The molecule has 0 aromatic heterocycles. The van der Waals surface area contributed by atoms with Crippen LogP contribution in [0.3, 0.4) is 0 Å². The quantitative estimate of drug-likeness (QED) is 0.446. The van der Waals surface area contributed by atoms with Gasteiger partial charge in [0.2, 0.25) is 10.0 Å². The highest BCUT2D eigenvalue weighted by atomic mass is 35.5. The molecule has 0 saturated heterocycles. The topological polar surface area (TPSA) is 88.1 Å². The molecule has 0 heterocycles. The summed E-state index contributed by atoms with van der Waals surface area (Å²) in [5.41, 5.74) is 3.19. The fourth-order valence-electron chi connectivity index (χ4n) is 2.85. The van der Waals surface area contributed by atoms with E-state index >= 15 is 0 Å². The largest absolute Gasteiger partial charge is 0.495 e. The highest BCUT2D eigenvalue weighted by molar-refractivity contribution is 7.89. The normalized spacial score (nSPS) is 11.9. The molecule has 3 rings (SSSR count). The lowest BCUT2D eigenvalue weighted by Gasteiger charge is -2.16. The van der Waals surface area contributed by atoms with Gasteiger partial charge in [0.25, 0.3) is 5.91 Å². The van der Waals surface area contributed by atoms with Crippen LogP contribution in [0.15, 0.2) is 70.7 Å². The Morgan fingerprint density at radius 3 is 2.63 bits per heavy atom. The summed E-state index contributed by atoms with van der Waals surface area (Å²) in [6, 6.07) is 17.7. The van der Waals surface area contributed by atoms with Gasteiger partial charge >= 0.3 is 0 Å². The van der Waals surface area contributed by atoms with Crippen molar-refractivity contribution in [1.29, 1.82) is 0 Å². The van der Waals surface area contributed by atoms with Crippen LogP contribution in [0.4, 0.5) is 0 Å². The van der Waals surface area contributed by atoms with Gasteiger partial charge in [-0.25, -0.2) is 13.8 Å². The molecule has 0 unspecified atom stereocenters. The number of likely N-dealkylation sites (N-methyl/N-ethyl adjacent to an activating group) is 1. The van der Waals surface area contributed by atoms with Crippen molar-refractivity contribution < 1.29 is 17.9 Å². The van der Waals surface area contributed by atoms with Gasteiger partial charge in [0.05, 0.1) is 29.8 Å². The maximum Gasteiger partial charge on any atom is 0.255 e. The molecule has 3 aromatic rings. The van der Waals surface area contributed by atoms with Crippen LogP contribution in [0.25, 0.3) is 10.8 Å². The number of halogens is 1. The third-order valence-electron chi connectivity index (χ3n) is 4.41. The number of benzene rings is 3. The van der Waals surface area contributed by atoms with Crippen LogP contribution in [0.2, 0.25) is 5.02 Å². The zero-order valence-electron chi connectivity index (χ0n) is 16.4. The minimum absolute atomic E-state index is 0.0390. The molecule has 156 valence electrons. The molecule has 1 N–H and O–H groups in total. The Morgan fingerprint density at radius 1 is 1.17 bits per heavy atom. The summed E-state index contributed by atoms with van der Waals surface area (Å²) in [6.45, 7) is -0.404. The van der Waals surface area contributed by atoms with Crippen molar-refractivity contribution in [2.24, 2.45) is 5.10 Å². The summed E-state index contributed by atoms with van der Waals surface area (Å²) in [5.74, 6) is -0.212. The first kappa shape index (κ1) is 21.8. The molecular formula is C21H20ClN3O4S. The monoisotopic (exact) mass is 445 g/mol. The van der Waals surface area contributed by atoms with E-state index in [2.05, 4.69) is 10.5 Å². The van der Waals surface area contributed by atoms with Crippen molar-refractivity contribution >= 4 is 44.5 Å². The number of nitrogens with zero attached hydrogens (tertiary/aromatic N) is 2. The van der Waals surface area contributed by atoms with Crippen LogP contribution in [0.5, 0.6) is 5.75 Å².